The standard InChI is InChI=1S/C23H26N4O2/c28-22(26-9-3-4-10-26)16-25-11-13-27(14-12-25)23(29)21-15-19-18-6-2-1-5-17(18)7-8-20(19)24-21/h1-2,5-8,15,24H,3-4,9-14,16H2. The first-order valence-electron chi connectivity index (χ1n) is 10.5. The van der Waals surface area contributed by atoms with Crippen LogP contribution in [-0.4, -0.2) is 77.3 Å². The highest BCUT2D eigenvalue weighted by atomic mass is 16.2. The van der Waals surface area contributed by atoms with Crippen LogP contribution in [-0.2, 0) is 4.79 Å². The van der Waals surface area contributed by atoms with Crippen LogP contribution in [0.1, 0.15) is 23.3 Å². The number of likely N-dealkylation sites (tertiary alicyclic amines) is 1. The third-order valence-electron chi connectivity index (χ3n) is 6.24. The van der Waals surface area contributed by atoms with E-state index in [-0.39, 0.29) is 11.8 Å². The van der Waals surface area contributed by atoms with Gasteiger partial charge in [0.15, 0.2) is 0 Å². The molecule has 3 heterocycles. The summed E-state index contributed by atoms with van der Waals surface area (Å²) < 4.78 is 0. The fourth-order valence-corrected chi connectivity index (χ4v) is 4.54. The number of carbonyl (C=O) groups excluding carboxylic acids is 2. The molecule has 29 heavy (non-hydrogen) atoms. The first-order valence-corrected chi connectivity index (χ1v) is 10.5. The second-order valence-electron chi connectivity index (χ2n) is 8.09. The van der Waals surface area contributed by atoms with E-state index < -0.39 is 0 Å². The lowest BCUT2D eigenvalue weighted by Crippen LogP contribution is -2.51. The zero-order valence-corrected chi connectivity index (χ0v) is 16.6. The number of hydrogen-bond donors (Lipinski definition) is 1. The minimum absolute atomic E-state index is 0.0378. The molecule has 2 amide bonds. The number of nitrogens with one attached hydrogen (secondary N) is 1. The highest BCUT2D eigenvalue weighted by Gasteiger charge is 2.26. The highest BCUT2D eigenvalue weighted by Crippen LogP contribution is 2.26. The summed E-state index contributed by atoms with van der Waals surface area (Å²) in [6.45, 7) is 5.06. The lowest BCUT2D eigenvalue weighted by molar-refractivity contribution is -0.131. The van der Waals surface area contributed by atoms with Gasteiger partial charge < -0.3 is 14.8 Å². The Labute approximate surface area is 170 Å². The Bertz CT molecular complexity index is 1060. The average molecular weight is 390 g/mol. The topological polar surface area (TPSA) is 59.7 Å². The van der Waals surface area contributed by atoms with E-state index in [1.165, 1.54) is 5.39 Å². The zero-order valence-electron chi connectivity index (χ0n) is 16.6. The number of fused-ring (bicyclic) bond motifs is 3. The number of rotatable bonds is 3. The maximum atomic E-state index is 13.0. The van der Waals surface area contributed by atoms with Crippen LogP contribution in [0.3, 0.4) is 0 Å². The number of nitrogens with zero attached hydrogens (tertiary/aromatic N) is 3. The number of aromatic amines is 1. The van der Waals surface area contributed by atoms with E-state index in [1.54, 1.807) is 0 Å². The molecular formula is C23H26N4O2. The van der Waals surface area contributed by atoms with Gasteiger partial charge in [-0.2, -0.15) is 0 Å². The van der Waals surface area contributed by atoms with Gasteiger partial charge in [0.1, 0.15) is 5.69 Å². The smallest absolute Gasteiger partial charge is 0.270 e. The van der Waals surface area contributed by atoms with Crippen molar-refractivity contribution in [2.45, 2.75) is 12.8 Å². The minimum atomic E-state index is 0.0378. The van der Waals surface area contributed by atoms with Crippen LogP contribution in [0.25, 0.3) is 21.7 Å². The molecule has 2 fully saturated rings. The van der Waals surface area contributed by atoms with Gasteiger partial charge >= 0.3 is 0 Å². The molecule has 0 atom stereocenters. The highest BCUT2D eigenvalue weighted by molar-refractivity contribution is 6.09. The van der Waals surface area contributed by atoms with Crippen LogP contribution in [0.4, 0.5) is 0 Å². The van der Waals surface area contributed by atoms with Crippen LogP contribution in [0.2, 0.25) is 0 Å². The van der Waals surface area contributed by atoms with E-state index in [0.717, 1.165) is 55.3 Å². The third-order valence-corrected chi connectivity index (χ3v) is 6.24. The van der Waals surface area contributed by atoms with Gasteiger partial charge in [-0.1, -0.05) is 30.3 Å². The van der Waals surface area contributed by atoms with Gasteiger partial charge in [0, 0.05) is 50.2 Å². The second-order valence-corrected chi connectivity index (χ2v) is 8.09. The van der Waals surface area contributed by atoms with Crippen LogP contribution in [0, 0.1) is 0 Å². The predicted octanol–water partition coefficient (Wildman–Crippen LogP) is 2.70. The Hall–Kier alpha value is -2.86. The molecule has 2 aromatic carbocycles. The molecule has 0 radical (unpaired) electrons. The summed E-state index contributed by atoms with van der Waals surface area (Å²) in [5.41, 5.74) is 1.62. The molecule has 2 aliphatic heterocycles. The summed E-state index contributed by atoms with van der Waals surface area (Å²) >= 11 is 0. The SMILES string of the molecule is O=C(CN1CCN(C(=O)c2cc3c(ccc4ccccc43)[nH]2)CC1)N1CCCC1. The second kappa shape index (κ2) is 7.52. The van der Waals surface area contributed by atoms with Gasteiger partial charge in [-0.15, -0.1) is 0 Å². The van der Waals surface area contributed by atoms with E-state index in [0.29, 0.717) is 25.3 Å². The van der Waals surface area contributed by atoms with E-state index in [9.17, 15) is 9.59 Å². The monoisotopic (exact) mass is 390 g/mol. The maximum absolute atomic E-state index is 13.0. The number of hydrogen-bond acceptors (Lipinski definition) is 3. The van der Waals surface area contributed by atoms with Gasteiger partial charge in [-0.25, -0.2) is 0 Å². The molecule has 0 aliphatic carbocycles. The number of carbonyl (C=O) groups is 2. The lowest BCUT2D eigenvalue weighted by atomic mass is 10.1. The molecule has 150 valence electrons. The molecule has 2 aliphatic rings. The van der Waals surface area contributed by atoms with Crippen molar-refractivity contribution in [1.82, 2.24) is 19.7 Å². The Balaban J connectivity index is 1.26. The van der Waals surface area contributed by atoms with Crippen LogP contribution >= 0.6 is 0 Å². The van der Waals surface area contributed by atoms with Gasteiger partial charge in [0.25, 0.3) is 5.91 Å². The molecule has 0 bridgehead atoms. The third kappa shape index (κ3) is 3.49. The molecule has 0 spiro atoms. The summed E-state index contributed by atoms with van der Waals surface area (Å²) in [5, 5.41) is 3.42. The van der Waals surface area contributed by atoms with Gasteiger partial charge in [-0.05, 0) is 35.7 Å². The van der Waals surface area contributed by atoms with Crippen molar-refractivity contribution in [2.75, 3.05) is 45.8 Å². The number of benzene rings is 2. The predicted molar refractivity (Wildman–Crippen MR) is 114 cm³/mol. The molecule has 0 unspecified atom stereocenters. The summed E-state index contributed by atoms with van der Waals surface area (Å²) in [6.07, 6.45) is 2.24. The Morgan fingerprint density at radius 3 is 2.38 bits per heavy atom. The van der Waals surface area contributed by atoms with Crippen LogP contribution < -0.4 is 0 Å². The van der Waals surface area contributed by atoms with Crippen molar-refractivity contribution >= 4 is 33.5 Å². The molecule has 6 nitrogen and oxygen atoms in total. The van der Waals surface area contributed by atoms with Crippen molar-refractivity contribution in [3.05, 3.63) is 48.2 Å². The molecule has 6 heteroatoms. The van der Waals surface area contributed by atoms with Crippen molar-refractivity contribution in [2.24, 2.45) is 0 Å². The number of piperazine rings is 1. The van der Waals surface area contributed by atoms with Crippen LogP contribution in [0.5, 0.6) is 0 Å². The normalized spacial score (nSPS) is 18.1. The summed E-state index contributed by atoms with van der Waals surface area (Å²) in [5.74, 6) is 0.264. The molecule has 0 saturated carbocycles. The fraction of sp³-hybridized carbons (Fsp3) is 0.391. The zero-order chi connectivity index (χ0) is 19.8. The number of H-pyrrole nitrogens is 1. The van der Waals surface area contributed by atoms with E-state index >= 15 is 0 Å². The van der Waals surface area contributed by atoms with Crippen LogP contribution in [0.15, 0.2) is 42.5 Å². The first-order chi connectivity index (χ1) is 14.2. The average Bonchev–Trinajstić information content (AvgIpc) is 3.44. The Morgan fingerprint density at radius 2 is 1.59 bits per heavy atom. The summed E-state index contributed by atoms with van der Waals surface area (Å²) in [7, 11) is 0. The quantitative estimate of drug-likeness (QED) is 0.748. The lowest BCUT2D eigenvalue weighted by Gasteiger charge is -2.34. The van der Waals surface area contributed by atoms with E-state index in [2.05, 4.69) is 28.1 Å². The fourth-order valence-electron chi connectivity index (χ4n) is 4.54. The van der Waals surface area contributed by atoms with Crippen molar-refractivity contribution < 1.29 is 9.59 Å². The van der Waals surface area contributed by atoms with Crippen molar-refractivity contribution in [1.29, 1.82) is 0 Å². The van der Waals surface area contributed by atoms with Crippen molar-refractivity contribution in [3.63, 3.8) is 0 Å². The molecule has 5 rings (SSSR count). The largest absolute Gasteiger partial charge is 0.351 e. The Morgan fingerprint density at radius 1 is 0.828 bits per heavy atom. The summed E-state index contributed by atoms with van der Waals surface area (Å²) in [4.78, 5) is 34.7. The van der Waals surface area contributed by atoms with Gasteiger partial charge in [0.2, 0.25) is 5.91 Å². The van der Waals surface area contributed by atoms with Crippen molar-refractivity contribution in [3.8, 4) is 0 Å². The first kappa shape index (κ1) is 18.2. The molecule has 2 saturated heterocycles. The number of aromatic nitrogens is 1. The molecular weight excluding hydrogens is 364 g/mol. The molecule has 1 N–H and O–H groups in total. The summed E-state index contributed by atoms with van der Waals surface area (Å²) in [6, 6.07) is 14.3. The van der Waals surface area contributed by atoms with Gasteiger partial charge in [-0.3, -0.25) is 14.5 Å². The number of amides is 2. The minimum Gasteiger partial charge on any atom is -0.351 e. The Kier molecular flexibility index (Phi) is 4.72. The molecule has 3 aromatic rings. The van der Waals surface area contributed by atoms with Gasteiger partial charge in [0.05, 0.1) is 6.54 Å². The van der Waals surface area contributed by atoms with E-state index in [1.807, 2.05) is 34.1 Å². The molecule has 1 aromatic heterocycles. The maximum Gasteiger partial charge on any atom is 0.270 e. The van der Waals surface area contributed by atoms with E-state index in [4.69, 9.17) is 0 Å².